The van der Waals surface area contributed by atoms with Crippen molar-refractivity contribution >= 4 is 23.8 Å². The number of hydrogen-bond acceptors (Lipinski definition) is 6. The Morgan fingerprint density at radius 2 is 2.29 bits per heavy atom. The van der Waals surface area contributed by atoms with Gasteiger partial charge in [-0.25, -0.2) is 9.97 Å². The molecule has 0 amide bonds. The number of nitrogens with one attached hydrogen (secondary N) is 1. The fourth-order valence-corrected chi connectivity index (χ4v) is 1.85. The van der Waals surface area contributed by atoms with Gasteiger partial charge in [-0.1, -0.05) is 11.8 Å². The molecule has 5 nitrogen and oxygen atoms in total. The first-order chi connectivity index (χ1) is 8.24. The molecule has 2 rings (SSSR count). The largest absolute Gasteiger partial charge is 0.338 e. The third-order valence-electron chi connectivity index (χ3n) is 2.27. The van der Waals surface area contributed by atoms with E-state index in [1.54, 1.807) is 6.21 Å². The topological polar surface area (TPSA) is 74.0 Å². The maximum Gasteiger partial charge on any atom is 0.189 e. The van der Waals surface area contributed by atoms with Crippen LogP contribution in [0, 0.1) is 18.3 Å². The second-order valence-corrected chi connectivity index (χ2v) is 4.18. The molecule has 86 valence electrons. The third kappa shape index (κ3) is 2.45. The van der Waals surface area contributed by atoms with Crippen molar-refractivity contribution in [2.75, 3.05) is 18.1 Å². The lowest BCUT2D eigenvalue weighted by atomic mass is 10.2. The molecule has 1 aromatic rings. The van der Waals surface area contributed by atoms with Crippen molar-refractivity contribution in [3.63, 3.8) is 0 Å². The van der Waals surface area contributed by atoms with E-state index in [4.69, 9.17) is 5.26 Å². The molecule has 17 heavy (non-hydrogen) atoms. The van der Waals surface area contributed by atoms with Crippen LogP contribution >= 0.6 is 11.8 Å². The summed E-state index contributed by atoms with van der Waals surface area (Å²) in [4.78, 5) is 12.6. The Labute approximate surface area is 104 Å². The summed E-state index contributed by atoms with van der Waals surface area (Å²) in [5, 5.41) is 12.9. The highest BCUT2D eigenvalue weighted by atomic mass is 32.2. The Morgan fingerprint density at radius 1 is 1.47 bits per heavy atom. The van der Waals surface area contributed by atoms with Crippen LogP contribution in [0.3, 0.4) is 0 Å². The van der Waals surface area contributed by atoms with Crippen LogP contribution in [0.25, 0.3) is 0 Å². The Morgan fingerprint density at radius 3 is 2.88 bits per heavy atom. The van der Waals surface area contributed by atoms with Crippen molar-refractivity contribution < 1.29 is 0 Å². The van der Waals surface area contributed by atoms with Gasteiger partial charge in [0.1, 0.15) is 11.6 Å². The van der Waals surface area contributed by atoms with Crippen molar-refractivity contribution in [1.82, 2.24) is 9.97 Å². The molecule has 1 aromatic heterocycles. The lowest BCUT2D eigenvalue weighted by Gasteiger charge is -2.09. The lowest BCUT2D eigenvalue weighted by molar-refractivity contribution is 0.931. The number of rotatable bonds is 3. The fraction of sp³-hybridized carbons (Fsp3) is 0.273. The molecule has 0 spiro atoms. The molecule has 0 saturated carbocycles. The quantitative estimate of drug-likeness (QED) is 0.648. The monoisotopic (exact) mass is 245 g/mol. The van der Waals surface area contributed by atoms with Gasteiger partial charge in [0, 0.05) is 6.21 Å². The van der Waals surface area contributed by atoms with E-state index in [0.29, 0.717) is 28.8 Å². The summed E-state index contributed by atoms with van der Waals surface area (Å²) in [5.74, 6) is 0.545. The van der Waals surface area contributed by atoms with Gasteiger partial charge in [-0.05, 0) is 19.3 Å². The highest BCUT2D eigenvalue weighted by Gasteiger charge is 2.12. The predicted octanol–water partition coefficient (Wildman–Crippen LogP) is 1.76. The van der Waals surface area contributed by atoms with Crippen molar-refractivity contribution in [3.05, 3.63) is 23.0 Å². The van der Waals surface area contributed by atoms with E-state index in [1.165, 1.54) is 11.8 Å². The molecule has 0 aromatic carbocycles. The van der Waals surface area contributed by atoms with E-state index in [0.717, 1.165) is 5.70 Å². The number of hydrogen-bond donors (Lipinski definition) is 1. The Hall–Kier alpha value is -1.87. The van der Waals surface area contributed by atoms with Crippen molar-refractivity contribution in [2.24, 2.45) is 4.99 Å². The predicted molar refractivity (Wildman–Crippen MR) is 68.3 cm³/mol. The van der Waals surface area contributed by atoms with E-state index in [1.807, 2.05) is 19.3 Å². The molecule has 0 bridgehead atoms. The average molecular weight is 245 g/mol. The maximum absolute atomic E-state index is 9.11. The first kappa shape index (κ1) is 11.6. The minimum atomic E-state index is 0.476. The van der Waals surface area contributed by atoms with Gasteiger partial charge in [-0.3, -0.25) is 4.99 Å². The van der Waals surface area contributed by atoms with Crippen LogP contribution in [0.1, 0.15) is 11.3 Å². The van der Waals surface area contributed by atoms with Gasteiger partial charge in [-0.15, -0.1) is 0 Å². The summed E-state index contributed by atoms with van der Waals surface area (Å²) in [7, 11) is 0. The summed E-state index contributed by atoms with van der Waals surface area (Å²) < 4.78 is 0. The zero-order valence-corrected chi connectivity index (χ0v) is 10.4. The maximum atomic E-state index is 9.11. The SMILES string of the molecule is CSc1nc(C)c(C#N)c(NC2=CCN=C2)n1. The van der Waals surface area contributed by atoms with E-state index >= 15 is 0 Å². The minimum Gasteiger partial charge on any atom is -0.338 e. The van der Waals surface area contributed by atoms with Crippen LogP contribution in [-0.2, 0) is 0 Å². The second-order valence-electron chi connectivity index (χ2n) is 3.41. The molecule has 0 unspecified atom stereocenters. The summed E-state index contributed by atoms with van der Waals surface area (Å²) in [6.45, 7) is 2.48. The Kier molecular flexibility index (Phi) is 3.40. The van der Waals surface area contributed by atoms with Crippen LogP contribution in [0.2, 0.25) is 0 Å². The number of aromatic nitrogens is 2. The highest BCUT2D eigenvalue weighted by molar-refractivity contribution is 7.98. The first-order valence-electron chi connectivity index (χ1n) is 5.04. The Bertz CT molecular complexity index is 542. The molecule has 0 aliphatic carbocycles. The number of nitriles is 1. The molecular weight excluding hydrogens is 234 g/mol. The summed E-state index contributed by atoms with van der Waals surface area (Å²) >= 11 is 1.45. The van der Waals surface area contributed by atoms with Crippen molar-refractivity contribution in [1.29, 1.82) is 5.26 Å². The number of thioether (sulfide) groups is 1. The molecule has 1 aliphatic heterocycles. The molecule has 6 heteroatoms. The number of aryl methyl sites for hydroxylation is 1. The van der Waals surface area contributed by atoms with Gasteiger partial charge >= 0.3 is 0 Å². The van der Waals surface area contributed by atoms with Gasteiger partial charge < -0.3 is 5.32 Å². The molecular formula is C11H11N5S. The fourth-order valence-electron chi connectivity index (χ4n) is 1.44. The number of nitrogens with zero attached hydrogens (tertiary/aromatic N) is 4. The van der Waals surface area contributed by atoms with Crippen LogP contribution in [0.5, 0.6) is 0 Å². The van der Waals surface area contributed by atoms with Gasteiger partial charge in [0.05, 0.1) is 17.9 Å². The standard InChI is InChI=1S/C11H11N5S/c1-7-9(5-12)10(16-11(14-7)17-2)15-8-3-4-13-6-8/h3,6H,4H2,1-2H3,(H,14,15,16). The molecule has 2 heterocycles. The van der Waals surface area contributed by atoms with Gasteiger partial charge in [-0.2, -0.15) is 5.26 Å². The number of anilines is 1. The molecule has 0 fully saturated rings. The van der Waals surface area contributed by atoms with Crippen LogP contribution < -0.4 is 5.32 Å². The van der Waals surface area contributed by atoms with Crippen LogP contribution in [0.15, 0.2) is 21.9 Å². The van der Waals surface area contributed by atoms with Gasteiger partial charge in [0.15, 0.2) is 11.0 Å². The van der Waals surface area contributed by atoms with Crippen LogP contribution in [-0.4, -0.2) is 29.0 Å². The van der Waals surface area contributed by atoms with E-state index in [9.17, 15) is 0 Å². The minimum absolute atomic E-state index is 0.476. The molecule has 1 aliphatic rings. The Balaban J connectivity index is 2.40. The van der Waals surface area contributed by atoms with Crippen LogP contribution in [0.4, 0.5) is 5.82 Å². The highest BCUT2D eigenvalue weighted by Crippen LogP contribution is 2.20. The number of allylic oxidation sites excluding steroid dienone is 1. The van der Waals surface area contributed by atoms with E-state index in [2.05, 4.69) is 26.3 Å². The molecule has 0 radical (unpaired) electrons. The van der Waals surface area contributed by atoms with Gasteiger partial charge in [0.2, 0.25) is 0 Å². The summed E-state index contributed by atoms with van der Waals surface area (Å²) in [6, 6.07) is 2.12. The molecule has 1 N–H and O–H groups in total. The van der Waals surface area contributed by atoms with Crippen molar-refractivity contribution in [3.8, 4) is 6.07 Å². The van der Waals surface area contributed by atoms with E-state index in [-0.39, 0.29) is 0 Å². The molecule has 0 saturated heterocycles. The summed E-state index contributed by atoms with van der Waals surface area (Å²) in [6.07, 6.45) is 5.58. The zero-order valence-electron chi connectivity index (χ0n) is 9.56. The molecule has 0 atom stereocenters. The van der Waals surface area contributed by atoms with Crippen molar-refractivity contribution in [2.45, 2.75) is 12.1 Å². The van der Waals surface area contributed by atoms with E-state index < -0.39 is 0 Å². The smallest absolute Gasteiger partial charge is 0.189 e. The average Bonchev–Trinajstić information content (AvgIpc) is 2.81. The summed E-state index contributed by atoms with van der Waals surface area (Å²) in [5.41, 5.74) is 2.03. The first-order valence-corrected chi connectivity index (χ1v) is 6.27. The zero-order chi connectivity index (χ0) is 12.3. The third-order valence-corrected chi connectivity index (χ3v) is 2.82. The second kappa shape index (κ2) is 4.97. The number of aliphatic imine (C=N–C) groups is 1. The van der Waals surface area contributed by atoms with Gasteiger partial charge in [0.25, 0.3) is 0 Å². The lowest BCUT2D eigenvalue weighted by Crippen LogP contribution is -2.06. The normalized spacial score (nSPS) is 13.4.